The fourth-order valence-electron chi connectivity index (χ4n) is 1.52. The van der Waals surface area contributed by atoms with Gasteiger partial charge in [0.05, 0.1) is 15.1 Å². The van der Waals surface area contributed by atoms with Crippen LogP contribution < -0.4 is 10.0 Å². The maximum atomic E-state index is 11.9. The summed E-state index contributed by atoms with van der Waals surface area (Å²) in [4.78, 5) is 25.9. The van der Waals surface area contributed by atoms with Gasteiger partial charge in [-0.15, -0.1) is 0 Å². The zero-order chi connectivity index (χ0) is 14.9. The quantitative estimate of drug-likeness (QED) is 0.882. The number of hydrogen-bond donors (Lipinski definition) is 2. The molecule has 0 radical (unpaired) electrons. The topological polar surface area (TPSA) is 105 Å². The normalized spacial score (nSPS) is 11.3. The molecule has 0 saturated carbocycles. The van der Waals surface area contributed by atoms with Crippen LogP contribution in [0.25, 0.3) is 10.2 Å². The van der Waals surface area contributed by atoms with Crippen molar-refractivity contribution in [3.8, 4) is 0 Å². The summed E-state index contributed by atoms with van der Waals surface area (Å²) in [6, 6.07) is 4.28. The van der Waals surface area contributed by atoms with Crippen molar-refractivity contribution >= 4 is 48.5 Å². The molecule has 0 spiro atoms. The maximum absolute atomic E-state index is 11.9. The summed E-state index contributed by atoms with van der Waals surface area (Å²) in [6.07, 6.45) is 0. The van der Waals surface area contributed by atoms with Crippen LogP contribution in [0.15, 0.2) is 23.1 Å². The first-order valence-electron chi connectivity index (χ1n) is 5.49. The lowest BCUT2D eigenvalue weighted by Gasteiger charge is -2.03. The highest BCUT2D eigenvalue weighted by Gasteiger charge is 2.17. The fourth-order valence-corrected chi connectivity index (χ4v) is 3.57. The SMILES string of the molecule is CC(=O)Nc1nc2ccc(S(=O)(=O)NC(C)=O)cc2s1. The Kier molecular flexibility index (Phi) is 3.73. The molecule has 0 aliphatic carbocycles. The van der Waals surface area contributed by atoms with Crippen molar-refractivity contribution in [1.29, 1.82) is 0 Å². The van der Waals surface area contributed by atoms with Crippen LogP contribution in [0.1, 0.15) is 13.8 Å². The summed E-state index contributed by atoms with van der Waals surface area (Å²) in [5, 5.41) is 2.92. The predicted octanol–water partition coefficient (Wildman–Crippen LogP) is 1.08. The molecular formula is C11H11N3O4S2. The number of benzene rings is 1. The highest BCUT2D eigenvalue weighted by molar-refractivity contribution is 7.90. The van der Waals surface area contributed by atoms with E-state index >= 15 is 0 Å². The second kappa shape index (κ2) is 5.17. The van der Waals surface area contributed by atoms with Gasteiger partial charge in [0, 0.05) is 13.8 Å². The first-order chi connectivity index (χ1) is 9.28. The van der Waals surface area contributed by atoms with E-state index in [9.17, 15) is 18.0 Å². The van der Waals surface area contributed by atoms with Gasteiger partial charge in [-0.1, -0.05) is 11.3 Å². The molecule has 1 aromatic carbocycles. The highest BCUT2D eigenvalue weighted by atomic mass is 32.2. The number of nitrogens with one attached hydrogen (secondary N) is 2. The van der Waals surface area contributed by atoms with Gasteiger partial charge in [0.15, 0.2) is 5.13 Å². The van der Waals surface area contributed by atoms with E-state index in [0.29, 0.717) is 15.3 Å². The highest BCUT2D eigenvalue weighted by Crippen LogP contribution is 2.28. The number of hydrogen-bond acceptors (Lipinski definition) is 6. The Hall–Kier alpha value is -2.00. The molecule has 0 aliphatic rings. The number of carbonyl (C=O) groups is 2. The molecule has 0 atom stereocenters. The van der Waals surface area contributed by atoms with Gasteiger partial charge in [-0.05, 0) is 18.2 Å². The van der Waals surface area contributed by atoms with Crippen molar-refractivity contribution in [3.05, 3.63) is 18.2 Å². The first kappa shape index (κ1) is 14.4. The van der Waals surface area contributed by atoms with E-state index in [0.717, 1.165) is 18.3 Å². The van der Waals surface area contributed by atoms with E-state index < -0.39 is 15.9 Å². The zero-order valence-electron chi connectivity index (χ0n) is 10.6. The zero-order valence-corrected chi connectivity index (χ0v) is 12.3. The van der Waals surface area contributed by atoms with Crippen molar-refractivity contribution < 1.29 is 18.0 Å². The van der Waals surface area contributed by atoms with Crippen molar-refractivity contribution in [3.63, 3.8) is 0 Å². The average Bonchev–Trinajstić information content (AvgIpc) is 2.66. The molecule has 106 valence electrons. The van der Waals surface area contributed by atoms with E-state index in [1.807, 2.05) is 4.72 Å². The largest absolute Gasteiger partial charge is 0.302 e. The smallest absolute Gasteiger partial charge is 0.264 e. The predicted molar refractivity (Wildman–Crippen MR) is 74.9 cm³/mol. The summed E-state index contributed by atoms with van der Waals surface area (Å²) < 4.78 is 26.2. The van der Waals surface area contributed by atoms with Crippen LogP contribution in [0, 0.1) is 0 Å². The third-order valence-corrected chi connectivity index (χ3v) is 4.60. The van der Waals surface area contributed by atoms with Crippen molar-refractivity contribution in [2.45, 2.75) is 18.7 Å². The molecule has 0 bridgehead atoms. The van der Waals surface area contributed by atoms with E-state index in [2.05, 4.69) is 10.3 Å². The molecule has 1 aromatic heterocycles. The van der Waals surface area contributed by atoms with E-state index in [-0.39, 0.29) is 10.8 Å². The Bertz CT molecular complexity index is 795. The Morgan fingerprint density at radius 1 is 1.20 bits per heavy atom. The lowest BCUT2D eigenvalue weighted by molar-refractivity contribution is -0.117. The minimum Gasteiger partial charge on any atom is -0.302 e. The van der Waals surface area contributed by atoms with E-state index in [4.69, 9.17) is 0 Å². The average molecular weight is 313 g/mol. The number of amides is 2. The second-order valence-electron chi connectivity index (χ2n) is 3.99. The van der Waals surface area contributed by atoms with Crippen LogP contribution in [0.4, 0.5) is 5.13 Å². The summed E-state index contributed by atoms with van der Waals surface area (Å²) in [6.45, 7) is 2.48. The third-order valence-electron chi connectivity index (χ3n) is 2.23. The van der Waals surface area contributed by atoms with Gasteiger partial charge in [-0.25, -0.2) is 18.1 Å². The minimum absolute atomic E-state index is 0.0294. The van der Waals surface area contributed by atoms with Crippen LogP contribution >= 0.6 is 11.3 Å². The number of carbonyl (C=O) groups excluding carboxylic acids is 2. The molecule has 9 heteroatoms. The van der Waals surface area contributed by atoms with Gasteiger partial charge in [-0.2, -0.15) is 0 Å². The van der Waals surface area contributed by atoms with Crippen LogP contribution in [-0.4, -0.2) is 25.2 Å². The molecule has 0 saturated heterocycles. The molecular weight excluding hydrogens is 302 g/mol. The summed E-state index contributed by atoms with van der Waals surface area (Å²) in [7, 11) is -3.87. The van der Waals surface area contributed by atoms with Gasteiger partial charge in [0.1, 0.15) is 0 Å². The third kappa shape index (κ3) is 3.11. The molecule has 2 rings (SSSR count). The molecule has 0 unspecified atom stereocenters. The minimum atomic E-state index is -3.87. The van der Waals surface area contributed by atoms with Crippen molar-refractivity contribution in [1.82, 2.24) is 9.71 Å². The Morgan fingerprint density at radius 3 is 2.50 bits per heavy atom. The molecule has 1 heterocycles. The fraction of sp³-hybridized carbons (Fsp3) is 0.182. The molecule has 2 N–H and O–H groups in total. The van der Waals surface area contributed by atoms with Gasteiger partial charge in [0.25, 0.3) is 10.0 Å². The molecule has 20 heavy (non-hydrogen) atoms. The molecule has 2 amide bonds. The van der Waals surface area contributed by atoms with Gasteiger partial charge in [-0.3, -0.25) is 9.59 Å². The van der Waals surface area contributed by atoms with Gasteiger partial charge >= 0.3 is 0 Å². The Morgan fingerprint density at radius 2 is 1.90 bits per heavy atom. The summed E-state index contributed by atoms with van der Waals surface area (Å²) in [5.74, 6) is -0.913. The lowest BCUT2D eigenvalue weighted by Crippen LogP contribution is -2.28. The number of nitrogens with zero attached hydrogens (tertiary/aromatic N) is 1. The number of aromatic nitrogens is 1. The number of rotatable bonds is 3. The number of anilines is 1. The number of fused-ring (bicyclic) bond motifs is 1. The van der Waals surface area contributed by atoms with E-state index in [1.54, 1.807) is 0 Å². The standard InChI is InChI=1S/C11H11N3O4S2/c1-6(15)12-11-13-9-4-3-8(5-10(9)19-11)20(17,18)14-7(2)16/h3-5H,1-2H3,(H,14,16)(H,12,13,15). The monoisotopic (exact) mass is 313 g/mol. The van der Waals surface area contributed by atoms with Crippen LogP contribution in [0.3, 0.4) is 0 Å². The number of thiazole rings is 1. The summed E-state index contributed by atoms with van der Waals surface area (Å²) >= 11 is 1.15. The van der Waals surface area contributed by atoms with Gasteiger partial charge < -0.3 is 5.32 Å². The maximum Gasteiger partial charge on any atom is 0.264 e. The Labute approximate surface area is 119 Å². The van der Waals surface area contributed by atoms with Crippen LogP contribution in [0.5, 0.6) is 0 Å². The van der Waals surface area contributed by atoms with Crippen molar-refractivity contribution in [2.24, 2.45) is 0 Å². The lowest BCUT2D eigenvalue weighted by atomic mass is 10.3. The van der Waals surface area contributed by atoms with Gasteiger partial charge in [0.2, 0.25) is 11.8 Å². The van der Waals surface area contributed by atoms with Crippen LogP contribution in [0.2, 0.25) is 0 Å². The molecule has 7 nitrogen and oxygen atoms in total. The molecule has 2 aromatic rings. The molecule has 0 fully saturated rings. The molecule has 0 aliphatic heterocycles. The number of sulfonamides is 1. The van der Waals surface area contributed by atoms with Crippen molar-refractivity contribution in [2.75, 3.05) is 5.32 Å². The van der Waals surface area contributed by atoms with Crippen LogP contribution in [-0.2, 0) is 19.6 Å². The van der Waals surface area contributed by atoms with E-state index in [1.165, 1.54) is 25.1 Å². The Balaban J connectivity index is 2.43. The first-order valence-corrected chi connectivity index (χ1v) is 7.79. The second-order valence-corrected chi connectivity index (χ2v) is 6.70. The summed E-state index contributed by atoms with van der Waals surface area (Å²) in [5.41, 5.74) is 0.570.